The minimum Gasteiger partial charge on any atom is -0.438 e. The Labute approximate surface area is 157 Å². The number of aromatic nitrogens is 1. The van der Waals surface area contributed by atoms with E-state index in [0.717, 1.165) is 22.2 Å². The Kier molecular flexibility index (Phi) is 6.09. The Morgan fingerprint density at radius 1 is 1.15 bits per heavy atom. The van der Waals surface area contributed by atoms with Gasteiger partial charge in [-0.25, -0.2) is 4.98 Å². The van der Waals surface area contributed by atoms with E-state index in [1.807, 2.05) is 61.7 Å². The van der Waals surface area contributed by atoms with Gasteiger partial charge >= 0.3 is 0 Å². The van der Waals surface area contributed by atoms with Crippen LogP contribution in [0, 0.1) is 6.92 Å². The van der Waals surface area contributed by atoms with Crippen molar-refractivity contribution in [3.8, 4) is 11.6 Å². The third kappa shape index (κ3) is 4.33. The fourth-order valence-electron chi connectivity index (χ4n) is 2.56. The maximum Gasteiger partial charge on any atom is 0.230 e. The van der Waals surface area contributed by atoms with Gasteiger partial charge in [0.25, 0.3) is 0 Å². The molecule has 2 aromatic carbocycles. The van der Waals surface area contributed by atoms with Crippen LogP contribution in [-0.2, 0) is 0 Å². The highest BCUT2D eigenvalue weighted by atomic mass is 32.2. The van der Waals surface area contributed by atoms with E-state index in [1.165, 1.54) is 0 Å². The molecule has 0 saturated heterocycles. The van der Waals surface area contributed by atoms with Crippen molar-refractivity contribution >= 4 is 28.4 Å². The second-order valence-electron chi connectivity index (χ2n) is 5.75. The average Bonchev–Trinajstić information content (AvgIpc) is 2.66. The van der Waals surface area contributed by atoms with Gasteiger partial charge in [-0.3, -0.25) is 15.7 Å². The number of pyridine rings is 1. The molecule has 6 heteroatoms. The molecule has 0 aliphatic carbocycles. The first-order valence-electron chi connectivity index (χ1n) is 8.29. The molecular formula is C20H21N3O2S. The molecular weight excluding hydrogens is 346 g/mol. The zero-order chi connectivity index (χ0) is 18.4. The zero-order valence-corrected chi connectivity index (χ0v) is 15.6. The van der Waals surface area contributed by atoms with Gasteiger partial charge in [-0.05, 0) is 48.2 Å². The molecule has 0 bridgehead atoms. The third-order valence-corrected chi connectivity index (χ3v) is 4.45. The molecule has 2 N–H and O–H groups in total. The number of nitrogens with zero attached hydrogens (tertiary/aromatic N) is 2. The molecule has 0 radical (unpaired) electrons. The number of nitrogens with one attached hydrogen (secondary N) is 1. The van der Waals surface area contributed by atoms with E-state index in [9.17, 15) is 5.21 Å². The summed E-state index contributed by atoms with van der Waals surface area (Å²) in [5.41, 5.74) is 3.62. The fourth-order valence-corrected chi connectivity index (χ4v) is 2.84. The first-order chi connectivity index (χ1) is 12.7. The first-order valence-corrected chi connectivity index (χ1v) is 9.69. The van der Waals surface area contributed by atoms with E-state index in [2.05, 4.69) is 21.5 Å². The average molecular weight is 367 g/mol. The Bertz CT molecular complexity index is 928. The van der Waals surface area contributed by atoms with Crippen LogP contribution in [0.15, 0.2) is 59.6 Å². The predicted molar refractivity (Wildman–Crippen MR) is 108 cm³/mol. The summed E-state index contributed by atoms with van der Waals surface area (Å²) in [6.07, 6.45) is 2.02. The Morgan fingerprint density at radius 3 is 2.73 bits per heavy atom. The number of thioether (sulfide) groups is 1. The molecule has 0 fully saturated rings. The molecule has 5 nitrogen and oxygen atoms in total. The summed E-state index contributed by atoms with van der Waals surface area (Å²) in [5.74, 6) is 2.31. The lowest BCUT2D eigenvalue weighted by Crippen LogP contribution is -2.22. The highest BCUT2D eigenvalue weighted by molar-refractivity contribution is 7.98. The van der Waals surface area contributed by atoms with E-state index in [4.69, 9.17) is 4.74 Å². The first kappa shape index (κ1) is 18.2. The zero-order valence-electron chi connectivity index (χ0n) is 14.8. The maximum absolute atomic E-state index is 9.51. The highest BCUT2D eigenvalue weighted by Crippen LogP contribution is 2.27. The normalized spacial score (nSPS) is 11.6. The van der Waals surface area contributed by atoms with Crippen molar-refractivity contribution in [2.24, 2.45) is 4.99 Å². The molecule has 0 saturated carbocycles. The summed E-state index contributed by atoms with van der Waals surface area (Å²) >= 11 is 1.70. The number of aliphatic imine (C=N–C) groups is 1. The van der Waals surface area contributed by atoms with Gasteiger partial charge in [-0.15, -0.1) is 0 Å². The van der Waals surface area contributed by atoms with Crippen molar-refractivity contribution in [2.45, 2.75) is 6.92 Å². The summed E-state index contributed by atoms with van der Waals surface area (Å²) in [6.45, 7) is 2.49. The predicted octanol–water partition coefficient (Wildman–Crippen LogP) is 4.42. The van der Waals surface area contributed by atoms with Gasteiger partial charge in [0.1, 0.15) is 5.75 Å². The van der Waals surface area contributed by atoms with E-state index >= 15 is 0 Å². The minimum atomic E-state index is 0.349. The number of hydrogen-bond donors (Lipinski definition) is 2. The minimum absolute atomic E-state index is 0.349. The van der Waals surface area contributed by atoms with E-state index in [-0.39, 0.29) is 0 Å². The van der Waals surface area contributed by atoms with Gasteiger partial charge < -0.3 is 4.74 Å². The van der Waals surface area contributed by atoms with Gasteiger partial charge in [0, 0.05) is 11.4 Å². The highest BCUT2D eigenvalue weighted by Gasteiger charge is 2.13. The molecule has 3 rings (SSSR count). The molecule has 3 aromatic rings. The third-order valence-electron chi connectivity index (χ3n) is 3.86. The molecule has 0 atom stereocenters. The number of fused-ring (bicyclic) bond motifs is 1. The van der Waals surface area contributed by atoms with Crippen molar-refractivity contribution in [3.05, 3.63) is 65.9 Å². The lowest BCUT2D eigenvalue weighted by Gasteiger charge is -2.13. The van der Waals surface area contributed by atoms with Crippen molar-refractivity contribution < 1.29 is 9.94 Å². The van der Waals surface area contributed by atoms with Crippen LogP contribution >= 0.6 is 11.8 Å². The summed E-state index contributed by atoms with van der Waals surface area (Å²) in [6, 6.07) is 17.7. The van der Waals surface area contributed by atoms with E-state index in [1.54, 1.807) is 11.8 Å². The summed E-state index contributed by atoms with van der Waals surface area (Å²) < 4.78 is 6.04. The Hall–Kier alpha value is -2.57. The van der Waals surface area contributed by atoms with Crippen LogP contribution in [0.4, 0.5) is 0 Å². The fraction of sp³-hybridized carbons (Fsp3) is 0.200. The topological polar surface area (TPSA) is 66.7 Å². The monoisotopic (exact) mass is 367 g/mol. The largest absolute Gasteiger partial charge is 0.438 e. The number of ether oxygens (including phenoxy) is 1. The molecule has 0 unspecified atom stereocenters. The number of hydroxylamine groups is 1. The molecule has 0 amide bonds. The van der Waals surface area contributed by atoms with Crippen LogP contribution in [0.1, 0.15) is 11.3 Å². The van der Waals surface area contributed by atoms with Crippen molar-refractivity contribution in [2.75, 3.05) is 18.6 Å². The number of hydrogen-bond acceptors (Lipinski definition) is 5. The number of aryl methyl sites for hydroxylation is 1. The second-order valence-corrected chi connectivity index (χ2v) is 6.74. The van der Waals surface area contributed by atoms with Gasteiger partial charge in [-0.1, -0.05) is 30.3 Å². The van der Waals surface area contributed by atoms with Crippen molar-refractivity contribution in [1.82, 2.24) is 10.5 Å². The van der Waals surface area contributed by atoms with Crippen LogP contribution in [0.25, 0.3) is 10.8 Å². The van der Waals surface area contributed by atoms with Crippen LogP contribution in [0.5, 0.6) is 11.6 Å². The molecule has 26 heavy (non-hydrogen) atoms. The molecule has 1 heterocycles. The van der Waals surface area contributed by atoms with E-state index in [0.29, 0.717) is 29.6 Å². The van der Waals surface area contributed by atoms with Crippen molar-refractivity contribution in [3.63, 3.8) is 0 Å². The number of benzene rings is 2. The van der Waals surface area contributed by atoms with Crippen LogP contribution in [0.3, 0.4) is 0 Å². The van der Waals surface area contributed by atoms with E-state index < -0.39 is 0 Å². The summed E-state index contributed by atoms with van der Waals surface area (Å²) in [4.78, 5) is 8.88. The van der Waals surface area contributed by atoms with Gasteiger partial charge in [-0.2, -0.15) is 11.8 Å². The summed E-state index contributed by atoms with van der Waals surface area (Å²) in [5, 5.41) is 11.7. The smallest absolute Gasteiger partial charge is 0.230 e. The standard InChI is InChI=1S/C20H21N3O2S/c1-14-7-10-18(19(23-24)21-11-12-26-2)20(22-14)25-17-9-8-15-5-3-4-6-16(15)13-17/h3-10,13,24H,11-12H2,1-2H3,(H,21,23). The molecule has 0 aliphatic rings. The van der Waals surface area contributed by atoms with Crippen molar-refractivity contribution in [1.29, 1.82) is 0 Å². The maximum atomic E-state index is 9.51. The van der Waals surface area contributed by atoms with Gasteiger partial charge in [0.2, 0.25) is 5.88 Å². The quantitative estimate of drug-likeness (QED) is 0.292. The van der Waals surface area contributed by atoms with Crippen LogP contribution < -0.4 is 10.2 Å². The molecule has 134 valence electrons. The van der Waals surface area contributed by atoms with Crippen LogP contribution in [-0.4, -0.2) is 34.6 Å². The lowest BCUT2D eigenvalue weighted by molar-refractivity contribution is 0.234. The van der Waals surface area contributed by atoms with Gasteiger partial charge in [0.15, 0.2) is 5.84 Å². The lowest BCUT2D eigenvalue weighted by atomic mass is 10.1. The van der Waals surface area contributed by atoms with Gasteiger partial charge in [0.05, 0.1) is 12.1 Å². The Balaban J connectivity index is 1.95. The Morgan fingerprint density at radius 2 is 1.96 bits per heavy atom. The second kappa shape index (κ2) is 8.69. The van der Waals surface area contributed by atoms with Crippen LogP contribution in [0.2, 0.25) is 0 Å². The molecule has 0 spiro atoms. The molecule has 0 aliphatic heterocycles. The molecule has 1 aromatic heterocycles. The number of amidine groups is 1. The SMILES string of the molecule is CSCCN=C(NO)c1ccc(C)nc1Oc1ccc2ccccc2c1. The summed E-state index contributed by atoms with van der Waals surface area (Å²) in [7, 11) is 0. The number of rotatable bonds is 6.